The smallest absolute Gasteiger partial charge is 0.211 e. The molecule has 0 radical (unpaired) electrons. The van der Waals surface area contributed by atoms with Gasteiger partial charge >= 0.3 is 0 Å². The van der Waals surface area contributed by atoms with Crippen LogP contribution in [0.2, 0.25) is 0 Å². The lowest BCUT2D eigenvalue weighted by molar-refractivity contribution is 0.825. The molecule has 0 atom stereocenters. The van der Waals surface area contributed by atoms with Crippen molar-refractivity contribution in [3.05, 3.63) is 21.8 Å². The van der Waals surface area contributed by atoms with E-state index in [-0.39, 0.29) is 0 Å². The number of rotatable bonds is 3. The maximum atomic E-state index is 4.39. The summed E-state index contributed by atoms with van der Waals surface area (Å²) in [5.41, 5.74) is 0. The molecule has 0 amide bonds. The molecule has 0 aromatic carbocycles. The van der Waals surface area contributed by atoms with Gasteiger partial charge in [-0.1, -0.05) is 6.92 Å². The standard InChI is InChI=1S/C8H9IN4S/c1-2-3-7-11-8(14-12-7)13-5-6(9)4-10-13/h4-5H,2-3H2,1H3. The summed E-state index contributed by atoms with van der Waals surface area (Å²) in [6, 6.07) is 0. The Bertz CT molecular complexity index is 422. The predicted octanol–water partition coefficient (Wildman–Crippen LogP) is 2.28. The first-order chi connectivity index (χ1) is 6.79. The van der Waals surface area contributed by atoms with Crippen molar-refractivity contribution in [2.75, 3.05) is 0 Å². The molecule has 2 rings (SSSR count). The summed E-state index contributed by atoms with van der Waals surface area (Å²) < 4.78 is 7.13. The molecule has 0 unspecified atom stereocenters. The van der Waals surface area contributed by atoms with E-state index in [1.54, 1.807) is 10.9 Å². The molecule has 6 heteroatoms. The molecule has 74 valence electrons. The molecule has 0 aliphatic rings. The molecule has 2 heterocycles. The first-order valence-electron chi connectivity index (χ1n) is 4.32. The van der Waals surface area contributed by atoms with E-state index in [1.165, 1.54) is 11.5 Å². The number of aryl methyl sites for hydroxylation is 1. The maximum Gasteiger partial charge on any atom is 0.230 e. The Hall–Kier alpha value is -0.500. The fourth-order valence-electron chi connectivity index (χ4n) is 1.07. The Morgan fingerprint density at radius 2 is 2.43 bits per heavy atom. The largest absolute Gasteiger partial charge is 0.230 e. The summed E-state index contributed by atoms with van der Waals surface area (Å²) in [6.45, 7) is 2.12. The van der Waals surface area contributed by atoms with Gasteiger partial charge in [-0.15, -0.1) is 0 Å². The van der Waals surface area contributed by atoms with Crippen molar-refractivity contribution in [2.45, 2.75) is 19.8 Å². The molecule has 0 fully saturated rings. The minimum atomic E-state index is 0.844. The predicted molar refractivity (Wildman–Crippen MR) is 63.7 cm³/mol. The van der Waals surface area contributed by atoms with Crippen molar-refractivity contribution in [3.8, 4) is 5.13 Å². The number of aromatic nitrogens is 4. The fraction of sp³-hybridized carbons (Fsp3) is 0.375. The second-order valence-corrected chi connectivity index (χ2v) is 4.82. The maximum absolute atomic E-state index is 4.39. The molecular formula is C8H9IN4S. The highest BCUT2D eigenvalue weighted by Crippen LogP contribution is 2.12. The van der Waals surface area contributed by atoms with Crippen molar-refractivity contribution in [2.24, 2.45) is 0 Å². The van der Waals surface area contributed by atoms with Gasteiger partial charge in [0.1, 0.15) is 5.82 Å². The molecule has 2 aromatic rings. The second kappa shape index (κ2) is 4.35. The minimum absolute atomic E-state index is 0.844. The molecule has 2 aromatic heterocycles. The Labute approximate surface area is 99.7 Å². The summed E-state index contributed by atoms with van der Waals surface area (Å²) in [7, 11) is 0. The highest BCUT2D eigenvalue weighted by Gasteiger charge is 2.05. The van der Waals surface area contributed by atoms with Gasteiger partial charge < -0.3 is 0 Å². The minimum Gasteiger partial charge on any atom is -0.211 e. The SMILES string of the molecule is CCCc1nsc(-n2cc(I)cn2)n1. The van der Waals surface area contributed by atoms with Gasteiger partial charge in [-0.05, 0) is 29.0 Å². The van der Waals surface area contributed by atoms with Gasteiger partial charge in [-0.3, -0.25) is 0 Å². The zero-order valence-corrected chi connectivity index (χ0v) is 10.6. The monoisotopic (exact) mass is 320 g/mol. The van der Waals surface area contributed by atoms with Crippen molar-refractivity contribution in [1.29, 1.82) is 0 Å². The van der Waals surface area contributed by atoms with E-state index < -0.39 is 0 Å². The van der Waals surface area contributed by atoms with Gasteiger partial charge in [-0.25, -0.2) is 9.67 Å². The Balaban J connectivity index is 2.24. The van der Waals surface area contributed by atoms with Crippen molar-refractivity contribution < 1.29 is 0 Å². The molecular weight excluding hydrogens is 311 g/mol. The molecule has 14 heavy (non-hydrogen) atoms. The molecule has 0 aliphatic carbocycles. The van der Waals surface area contributed by atoms with Crippen LogP contribution in [0.5, 0.6) is 0 Å². The van der Waals surface area contributed by atoms with Crippen LogP contribution < -0.4 is 0 Å². The Kier molecular flexibility index (Phi) is 3.12. The summed E-state index contributed by atoms with van der Waals surface area (Å²) in [6.07, 6.45) is 5.76. The lowest BCUT2D eigenvalue weighted by Crippen LogP contribution is -1.94. The third-order valence-electron chi connectivity index (χ3n) is 1.68. The average molecular weight is 320 g/mol. The zero-order valence-electron chi connectivity index (χ0n) is 7.64. The summed E-state index contributed by atoms with van der Waals surface area (Å²) in [5, 5.41) is 5.02. The molecule has 0 aliphatic heterocycles. The third kappa shape index (κ3) is 2.11. The fourth-order valence-corrected chi connectivity index (χ4v) is 2.11. The van der Waals surface area contributed by atoms with Crippen LogP contribution in [0, 0.1) is 3.57 Å². The van der Waals surface area contributed by atoms with Gasteiger partial charge in [0.25, 0.3) is 0 Å². The Morgan fingerprint density at radius 3 is 3.07 bits per heavy atom. The molecule has 0 saturated heterocycles. The van der Waals surface area contributed by atoms with Crippen LogP contribution in [0.3, 0.4) is 0 Å². The van der Waals surface area contributed by atoms with Gasteiger partial charge in [0.2, 0.25) is 5.13 Å². The average Bonchev–Trinajstić information content (AvgIpc) is 2.74. The quantitative estimate of drug-likeness (QED) is 0.815. The van der Waals surface area contributed by atoms with Crippen LogP contribution in [-0.2, 0) is 6.42 Å². The van der Waals surface area contributed by atoms with E-state index in [1.807, 2.05) is 6.20 Å². The highest BCUT2D eigenvalue weighted by molar-refractivity contribution is 14.1. The third-order valence-corrected chi connectivity index (χ3v) is 2.98. The summed E-state index contributed by atoms with van der Waals surface area (Å²) in [4.78, 5) is 4.39. The van der Waals surface area contributed by atoms with Gasteiger partial charge in [0.05, 0.1) is 9.77 Å². The van der Waals surface area contributed by atoms with E-state index in [0.29, 0.717) is 0 Å². The molecule has 0 N–H and O–H groups in total. The first-order valence-corrected chi connectivity index (χ1v) is 6.18. The summed E-state index contributed by atoms with van der Waals surface area (Å²) >= 11 is 3.62. The first kappa shape index (κ1) is 10.0. The van der Waals surface area contributed by atoms with Gasteiger partial charge in [-0.2, -0.15) is 9.47 Å². The van der Waals surface area contributed by atoms with Crippen LogP contribution in [0.25, 0.3) is 5.13 Å². The van der Waals surface area contributed by atoms with Crippen LogP contribution in [-0.4, -0.2) is 19.1 Å². The lowest BCUT2D eigenvalue weighted by Gasteiger charge is -1.90. The number of hydrogen-bond acceptors (Lipinski definition) is 4. The number of hydrogen-bond donors (Lipinski definition) is 0. The van der Waals surface area contributed by atoms with E-state index in [9.17, 15) is 0 Å². The van der Waals surface area contributed by atoms with Crippen LogP contribution in [0.15, 0.2) is 12.4 Å². The molecule has 0 saturated carbocycles. The molecule has 4 nitrogen and oxygen atoms in total. The number of nitrogens with zero attached hydrogens (tertiary/aromatic N) is 4. The molecule has 0 spiro atoms. The van der Waals surface area contributed by atoms with E-state index >= 15 is 0 Å². The van der Waals surface area contributed by atoms with E-state index in [2.05, 4.69) is 44.0 Å². The normalized spacial score (nSPS) is 10.7. The van der Waals surface area contributed by atoms with Crippen LogP contribution in [0.1, 0.15) is 19.2 Å². The summed E-state index contributed by atoms with van der Waals surface area (Å²) in [5.74, 6) is 0.915. The van der Waals surface area contributed by atoms with Crippen LogP contribution >= 0.6 is 34.1 Å². The van der Waals surface area contributed by atoms with E-state index in [4.69, 9.17) is 0 Å². The van der Waals surface area contributed by atoms with E-state index in [0.717, 1.165) is 27.4 Å². The van der Waals surface area contributed by atoms with Crippen molar-refractivity contribution in [3.63, 3.8) is 0 Å². The van der Waals surface area contributed by atoms with Crippen molar-refractivity contribution in [1.82, 2.24) is 19.1 Å². The molecule has 0 bridgehead atoms. The van der Waals surface area contributed by atoms with Gasteiger partial charge in [0, 0.05) is 24.2 Å². The zero-order chi connectivity index (χ0) is 9.97. The second-order valence-electron chi connectivity index (χ2n) is 2.85. The Morgan fingerprint density at radius 1 is 1.57 bits per heavy atom. The van der Waals surface area contributed by atoms with Crippen molar-refractivity contribution >= 4 is 34.1 Å². The number of halogens is 1. The van der Waals surface area contributed by atoms with Crippen LogP contribution in [0.4, 0.5) is 0 Å². The lowest BCUT2D eigenvalue weighted by atomic mass is 10.3. The van der Waals surface area contributed by atoms with Gasteiger partial charge in [0.15, 0.2) is 0 Å². The highest BCUT2D eigenvalue weighted by atomic mass is 127. The topological polar surface area (TPSA) is 43.6 Å².